The maximum Gasteiger partial charge on any atom is 0.146 e. The molecule has 6 heteroatoms. The van der Waals surface area contributed by atoms with Crippen LogP contribution in [0, 0.1) is 0 Å². The summed E-state index contributed by atoms with van der Waals surface area (Å²) in [4.78, 5) is 4.01. The van der Waals surface area contributed by atoms with E-state index in [0.717, 1.165) is 38.4 Å². The van der Waals surface area contributed by atoms with Gasteiger partial charge in [0.05, 0.1) is 12.9 Å². The quantitative estimate of drug-likeness (QED) is 0.715. The standard InChI is InChI=1S/C11H18N6/c1-2-17-10-14-15-11(17)8-12-4-3-6-16-7-5-13-9-16/h5,7,9-10,12H,2-4,6,8H2,1H3. The SMILES string of the molecule is CCn1cnnc1CNCCCn1ccnc1. The fourth-order valence-electron chi connectivity index (χ4n) is 1.69. The molecule has 1 N–H and O–H groups in total. The Bertz CT molecular complexity index is 419. The smallest absolute Gasteiger partial charge is 0.146 e. The minimum absolute atomic E-state index is 0.776. The van der Waals surface area contributed by atoms with Gasteiger partial charge in [-0.2, -0.15) is 0 Å². The summed E-state index contributed by atoms with van der Waals surface area (Å²) in [5, 5.41) is 11.3. The van der Waals surface area contributed by atoms with E-state index in [4.69, 9.17) is 0 Å². The van der Waals surface area contributed by atoms with E-state index in [1.807, 2.05) is 17.1 Å². The molecular weight excluding hydrogens is 216 g/mol. The maximum atomic E-state index is 4.07. The first kappa shape index (κ1) is 11.8. The van der Waals surface area contributed by atoms with Crippen molar-refractivity contribution in [2.24, 2.45) is 0 Å². The zero-order valence-electron chi connectivity index (χ0n) is 10.1. The molecule has 2 heterocycles. The second-order valence-corrected chi connectivity index (χ2v) is 3.86. The van der Waals surface area contributed by atoms with Gasteiger partial charge in [-0.3, -0.25) is 0 Å². The average molecular weight is 234 g/mol. The molecule has 0 unspecified atom stereocenters. The molecular formula is C11H18N6. The van der Waals surface area contributed by atoms with Crippen LogP contribution in [0.2, 0.25) is 0 Å². The second-order valence-electron chi connectivity index (χ2n) is 3.86. The molecule has 2 aromatic heterocycles. The molecule has 0 saturated heterocycles. The van der Waals surface area contributed by atoms with Crippen LogP contribution in [0.5, 0.6) is 0 Å². The Hall–Kier alpha value is -1.69. The number of hydrogen-bond acceptors (Lipinski definition) is 4. The molecule has 0 saturated carbocycles. The van der Waals surface area contributed by atoms with Gasteiger partial charge in [0.15, 0.2) is 0 Å². The number of imidazole rings is 1. The molecule has 0 atom stereocenters. The first-order valence-electron chi connectivity index (χ1n) is 5.93. The van der Waals surface area contributed by atoms with Crippen LogP contribution in [0.15, 0.2) is 25.0 Å². The third-order valence-electron chi connectivity index (χ3n) is 2.65. The summed E-state index contributed by atoms with van der Waals surface area (Å²) >= 11 is 0. The summed E-state index contributed by atoms with van der Waals surface area (Å²) in [6.45, 7) is 5.74. The number of aryl methyl sites for hydroxylation is 2. The Morgan fingerprint density at radius 3 is 3.06 bits per heavy atom. The number of rotatable bonds is 7. The Kier molecular flexibility index (Phi) is 4.26. The predicted molar refractivity (Wildman–Crippen MR) is 64.2 cm³/mol. The maximum absolute atomic E-state index is 4.07. The monoisotopic (exact) mass is 234 g/mol. The molecule has 6 nitrogen and oxygen atoms in total. The van der Waals surface area contributed by atoms with Crippen LogP contribution < -0.4 is 5.32 Å². The van der Waals surface area contributed by atoms with Gasteiger partial charge < -0.3 is 14.5 Å². The van der Waals surface area contributed by atoms with Crippen molar-refractivity contribution in [3.63, 3.8) is 0 Å². The van der Waals surface area contributed by atoms with Gasteiger partial charge in [0.25, 0.3) is 0 Å². The summed E-state index contributed by atoms with van der Waals surface area (Å²) in [7, 11) is 0. The summed E-state index contributed by atoms with van der Waals surface area (Å²) in [6, 6.07) is 0. The van der Waals surface area contributed by atoms with E-state index in [2.05, 4.69) is 32.0 Å². The number of nitrogens with zero attached hydrogens (tertiary/aromatic N) is 5. The Labute approximate surface area is 101 Å². The fraction of sp³-hybridized carbons (Fsp3) is 0.545. The summed E-state index contributed by atoms with van der Waals surface area (Å²) in [5.74, 6) is 0.995. The van der Waals surface area contributed by atoms with Crippen LogP contribution in [0.25, 0.3) is 0 Å². The third kappa shape index (κ3) is 3.39. The highest BCUT2D eigenvalue weighted by atomic mass is 15.3. The first-order valence-corrected chi connectivity index (χ1v) is 5.93. The van der Waals surface area contributed by atoms with Gasteiger partial charge in [0, 0.05) is 25.5 Å². The lowest BCUT2D eigenvalue weighted by molar-refractivity contribution is 0.558. The van der Waals surface area contributed by atoms with Crippen LogP contribution in [0.3, 0.4) is 0 Å². The minimum atomic E-state index is 0.776. The van der Waals surface area contributed by atoms with Gasteiger partial charge in [0.1, 0.15) is 12.2 Å². The summed E-state index contributed by atoms with van der Waals surface area (Å²) in [6.07, 6.45) is 8.47. The van der Waals surface area contributed by atoms with Gasteiger partial charge in [-0.15, -0.1) is 10.2 Å². The van der Waals surface area contributed by atoms with Crippen LogP contribution in [0.1, 0.15) is 19.2 Å². The Morgan fingerprint density at radius 1 is 1.35 bits per heavy atom. The lowest BCUT2D eigenvalue weighted by Gasteiger charge is -2.06. The lowest BCUT2D eigenvalue weighted by Crippen LogP contribution is -2.19. The normalized spacial score (nSPS) is 10.9. The molecule has 0 aliphatic heterocycles. The third-order valence-corrected chi connectivity index (χ3v) is 2.65. The second kappa shape index (κ2) is 6.15. The van der Waals surface area contributed by atoms with E-state index >= 15 is 0 Å². The van der Waals surface area contributed by atoms with E-state index in [0.29, 0.717) is 0 Å². The summed E-state index contributed by atoms with van der Waals surface area (Å²) < 4.78 is 4.12. The predicted octanol–water partition coefficient (Wildman–Crippen LogP) is 0.674. The van der Waals surface area contributed by atoms with Crippen molar-refractivity contribution in [3.05, 3.63) is 30.9 Å². The van der Waals surface area contributed by atoms with Gasteiger partial charge in [-0.25, -0.2) is 4.98 Å². The molecule has 2 rings (SSSR count). The van der Waals surface area contributed by atoms with Gasteiger partial charge >= 0.3 is 0 Å². The van der Waals surface area contributed by atoms with Gasteiger partial charge in [0.2, 0.25) is 0 Å². The molecule has 0 aliphatic carbocycles. The van der Waals surface area contributed by atoms with Crippen LogP contribution in [0.4, 0.5) is 0 Å². The highest BCUT2D eigenvalue weighted by Gasteiger charge is 2.00. The molecule has 0 amide bonds. The van der Waals surface area contributed by atoms with E-state index in [-0.39, 0.29) is 0 Å². The molecule has 0 radical (unpaired) electrons. The molecule has 2 aromatic rings. The largest absolute Gasteiger partial charge is 0.337 e. The fourth-order valence-corrected chi connectivity index (χ4v) is 1.69. The topological polar surface area (TPSA) is 60.6 Å². The Balaban J connectivity index is 1.63. The highest BCUT2D eigenvalue weighted by Crippen LogP contribution is 1.94. The van der Waals surface area contributed by atoms with Crippen molar-refractivity contribution in [2.75, 3.05) is 6.54 Å². The molecule has 0 aromatic carbocycles. The molecule has 0 bridgehead atoms. The number of hydrogen-bond donors (Lipinski definition) is 1. The van der Waals surface area contributed by atoms with Crippen molar-refractivity contribution in [1.82, 2.24) is 29.6 Å². The summed E-state index contributed by atoms with van der Waals surface area (Å²) in [5.41, 5.74) is 0. The van der Waals surface area contributed by atoms with Crippen molar-refractivity contribution < 1.29 is 0 Å². The van der Waals surface area contributed by atoms with Gasteiger partial charge in [-0.05, 0) is 19.9 Å². The molecule has 17 heavy (non-hydrogen) atoms. The minimum Gasteiger partial charge on any atom is -0.337 e. The number of aromatic nitrogens is 5. The molecule has 0 aliphatic rings. The van der Waals surface area contributed by atoms with Crippen molar-refractivity contribution in [1.29, 1.82) is 0 Å². The van der Waals surface area contributed by atoms with E-state index in [1.54, 1.807) is 12.5 Å². The van der Waals surface area contributed by atoms with Crippen molar-refractivity contribution in [3.8, 4) is 0 Å². The molecule has 0 fully saturated rings. The molecule has 92 valence electrons. The zero-order chi connectivity index (χ0) is 11.9. The van der Waals surface area contributed by atoms with Crippen LogP contribution in [-0.2, 0) is 19.6 Å². The van der Waals surface area contributed by atoms with E-state index in [1.165, 1.54) is 0 Å². The highest BCUT2D eigenvalue weighted by molar-refractivity contribution is 4.84. The average Bonchev–Trinajstić information content (AvgIpc) is 2.98. The van der Waals surface area contributed by atoms with E-state index in [9.17, 15) is 0 Å². The van der Waals surface area contributed by atoms with Crippen LogP contribution >= 0.6 is 0 Å². The van der Waals surface area contributed by atoms with E-state index < -0.39 is 0 Å². The van der Waals surface area contributed by atoms with Crippen molar-refractivity contribution >= 4 is 0 Å². The number of nitrogens with one attached hydrogen (secondary N) is 1. The zero-order valence-corrected chi connectivity index (χ0v) is 10.1. The van der Waals surface area contributed by atoms with Crippen LogP contribution in [-0.4, -0.2) is 30.9 Å². The van der Waals surface area contributed by atoms with Gasteiger partial charge in [-0.1, -0.05) is 0 Å². The first-order chi connectivity index (χ1) is 8.40. The Morgan fingerprint density at radius 2 is 2.29 bits per heavy atom. The van der Waals surface area contributed by atoms with Crippen molar-refractivity contribution in [2.45, 2.75) is 33.0 Å². The lowest BCUT2D eigenvalue weighted by atomic mass is 10.4. The molecule has 0 spiro atoms.